The van der Waals surface area contributed by atoms with Crippen molar-refractivity contribution in [3.63, 3.8) is 0 Å². The Morgan fingerprint density at radius 3 is 2.61 bits per heavy atom. The molecule has 2 rings (SSSR count). The maximum Gasteiger partial charge on any atom is 0.252 e. The van der Waals surface area contributed by atoms with E-state index in [-0.39, 0.29) is 0 Å². The number of hydrogen-bond donors (Lipinski definition) is 0. The first-order chi connectivity index (χ1) is 10.8. The Bertz CT molecular complexity index is 598. The topological polar surface area (TPSA) is 43.9 Å². The van der Waals surface area contributed by atoms with Gasteiger partial charge in [-0.1, -0.05) is 6.92 Å². The predicted molar refractivity (Wildman–Crippen MR) is 96.6 cm³/mol. The Labute approximate surface area is 144 Å². The highest BCUT2D eigenvalue weighted by Crippen LogP contribution is 2.26. The van der Waals surface area contributed by atoms with Gasteiger partial charge in [-0.15, -0.1) is 11.3 Å². The lowest BCUT2D eigenvalue weighted by Gasteiger charge is -2.30. The second kappa shape index (κ2) is 8.07. The third-order valence-corrected chi connectivity index (χ3v) is 7.76. The minimum atomic E-state index is -3.40. The summed E-state index contributed by atoms with van der Waals surface area (Å²) in [6.45, 7) is 8.05. The van der Waals surface area contributed by atoms with Gasteiger partial charge in [-0.25, -0.2) is 8.42 Å². The van der Waals surface area contributed by atoms with E-state index in [2.05, 4.69) is 11.8 Å². The first-order valence-corrected chi connectivity index (χ1v) is 10.6. The van der Waals surface area contributed by atoms with Gasteiger partial charge in [0.25, 0.3) is 10.0 Å². The average Bonchev–Trinajstić information content (AvgIpc) is 3.11. The maximum atomic E-state index is 13.0. The second-order valence-corrected chi connectivity index (χ2v) is 9.91. The van der Waals surface area contributed by atoms with Crippen LogP contribution in [0.1, 0.15) is 24.6 Å². The van der Waals surface area contributed by atoms with Crippen molar-refractivity contribution >= 4 is 21.4 Å². The van der Waals surface area contributed by atoms with Crippen molar-refractivity contribution in [1.82, 2.24) is 14.1 Å². The molecule has 1 fully saturated rings. The fourth-order valence-corrected chi connectivity index (χ4v) is 5.96. The number of hydrogen-bond acceptors (Lipinski definition) is 5. The van der Waals surface area contributed by atoms with Crippen LogP contribution in [-0.4, -0.2) is 75.4 Å². The van der Waals surface area contributed by atoms with Crippen LogP contribution in [0.5, 0.6) is 0 Å². The molecule has 1 aliphatic rings. The number of aryl methyl sites for hydroxylation is 1. The minimum Gasteiger partial charge on any atom is -0.308 e. The number of rotatable bonds is 8. The van der Waals surface area contributed by atoms with Gasteiger partial charge in [0.05, 0.1) is 0 Å². The molecule has 1 atom stereocenters. The van der Waals surface area contributed by atoms with Crippen LogP contribution in [0.15, 0.2) is 16.3 Å². The monoisotopic (exact) mass is 359 g/mol. The van der Waals surface area contributed by atoms with E-state index in [1.165, 1.54) is 11.3 Å². The Balaban J connectivity index is 2.19. The van der Waals surface area contributed by atoms with E-state index in [1.807, 2.05) is 32.0 Å². The highest BCUT2D eigenvalue weighted by molar-refractivity contribution is 7.91. The summed E-state index contributed by atoms with van der Waals surface area (Å²) in [6.07, 6.45) is 2.25. The van der Waals surface area contributed by atoms with Crippen molar-refractivity contribution in [2.24, 2.45) is 0 Å². The Morgan fingerprint density at radius 1 is 1.30 bits per heavy atom. The number of likely N-dealkylation sites (tertiary alicyclic amines) is 1. The molecule has 5 nitrogen and oxygen atoms in total. The fourth-order valence-electron chi connectivity index (χ4n) is 3.05. The first kappa shape index (κ1) is 18.9. The van der Waals surface area contributed by atoms with Crippen molar-refractivity contribution in [2.75, 3.05) is 46.8 Å². The Kier molecular flexibility index (Phi) is 6.62. The molecule has 0 bridgehead atoms. The van der Waals surface area contributed by atoms with Crippen LogP contribution in [0.4, 0.5) is 0 Å². The van der Waals surface area contributed by atoms with Gasteiger partial charge in [0, 0.05) is 30.6 Å². The van der Waals surface area contributed by atoms with E-state index in [1.54, 1.807) is 10.4 Å². The molecule has 23 heavy (non-hydrogen) atoms. The van der Waals surface area contributed by atoms with E-state index in [0.717, 1.165) is 37.4 Å². The van der Waals surface area contributed by atoms with Crippen LogP contribution < -0.4 is 0 Å². The number of nitrogens with zero attached hydrogens (tertiary/aromatic N) is 3. The summed E-state index contributed by atoms with van der Waals surface area (Å²) in [6, 6.07) is 3.97. The number of likely N-dealkylation sites (N-methyl/N-ethyl adjacent to an activating group) is 2. The molecule has 0 aliphatic carbocycles. The van der Waals surface area contributed by atoms with E-state index in [9.17, 15) is 8.42 Å². The van der Waals surface area contributed by atoms with Gasteiger partial charge in [-0.05, 0) is 59.1 Å². The quantitative estimate of drug-likeness (QED) is 0.713. The van der Waals surface area contributed by atoms with Crippen LogP contribution in [0.2, 0.25) is 0 Å². The van der Waals surface area contributed by atoms with Crippen molar-refractivity contribution in [2.45, 2.75) is 36.9 Å². The van der Waals surface area contributed by atoms with Crippen LogP contribution in [0.25, 0.3) is 0 Å². The summed E-state index contributed by atoms with van der Waals surface area (Å²) >= 11 is 1.36. The molecular formula is C16H29N3O2S2. The summed E-state index contributed by atoms with van der Waals surface area (Å²) in [5.74, 6) is 0. The van der Waals surface area contributed by atoms with Crippen molar-refractivity contribution < 1.29 is 8.42 Å². The van der Waals surface area contributed by atoms with Crippen molar-refractivity contribution in [1.29, 1.82) is 0 Å². The third kappa shape index (κ3) is 4.76. The zero-order valence-electron chi connectivity index (χ0n) is 14.7. The zero-order valence-corrected chi connectivity index (χ0v) is 16.3. The molecule has 1 aromatic rings. The van der Waals surface area contributed by atoms with Crippen molar-refractivity contribution in [3.05, 3.63) is 17.0 Å². The van der Waals surface area contributed by atoms with Gasteiger partial charge in [0.15, 0.2) is 0 Å². The van der Waals surface area contributed by atoms with Gasteiger partial charge in [0.1, 0.15) is 4.21 Å². The molecule has 1 unspecified atom stereocenters. The molecule has 1 aromatic heterocycles. The van der Waals surface area contributed by atoms with Crippen LogP contribution in [0, 0.1) is 6.92 Å². The summed E-state index contributed by atoms with van der Waals surface area (Å²) in [5.41, 5.74) is 0. The van der Waals surface area contributed by atoms with Crippen LogP contribution in [0.3, 0.4) is 0 Å². The standard InChI is InChI=1S/C16H29N3O2S2/c1-5-18-10-6-7-15(18)13-19(12-11-17(3)4)23(20,21)16-9-8-14(2)22-16/h8-9,15H,5-7,10-13H2,1-4H3. The molecule has 0 spiro atoms. The molecule has 0 amide bonds. The fraction of sp³-hybridized carbons (Fsp3) is 0.750. The number of thiophene rings is 1. The number of sulfonamides is 1. The van der Waals surface area contributed by atoms with E-state index >= 15 is 0 Å². The summed E-state index contributed by atoms with van der Waals surface area (Å²) in [4.78, 5) is 5.47. The second-order valence-electron chi connectivity index (χ2n) is 6.46. The average molecular weight is 360 g/mol. The van der Waals surface area contributed by atoms with Crippen LogP contribution in [-0.2, 0) is 10.0 Å². The Hall–Kier alpha value is -0.470. The molecule has 2 heterocycles. The highest BCUT2D eigenvalue weighted by atomic mass is 32.2. The van der Waals surface area contributed by atoms with Crippen LogP contribution >= 0.6 is 11.3 Å². The van der Waals surface area contributed by atoms with Gasteiger partial charge in [0.2, 0.25) is 0 Å². The van der Waals surface area contributed by atoms with Gasteiger partial charge in [-0.2, -0.15) is 4.31 Å². The lowest BCUT2D eigenvalue weighted by molar-refractivity contribution is 0.220. The molecule has 132 valence electrons. The Morgan fingerprint density at radius 2 is 2.04 bits per heavy atom. The third-order valence-electron chi connectivity index (χ3n) is 4.43. The minimum absolute atomic E-state index is 0.345. The lowest BCUT2D eigenvalue weighted by Crippen LogP contribution is -2.45. The first-order valence-electron chi connectivity index (χ1n) is 8.30. The molecule has 7 heteroatoms. The summed E-state index contributed by atoms with van der Waals surface area (Å²) in [5, 5.41) is 0. The van der Waals surface area contributed by atoms with E-state index < -0.39 is 10.0 Å². The van der Waals surface area contributed by atoms with E-state index in [0.29, 0.717) is 23.3 Å². The van der Waals surface area contributed by atoms with Gasteiger partial charge < -0.3 is 4.90 Å². The maximum absolute atomic E-state index is 13.0. The molecule has 0 radical (unpaired) electrons. The normalized spacial score (nSPS) is 20.0. The summed E-state index contributed by atoms with van der Waals surface area (Å²) < 4.78 is 28.2. The lowest BCUT2D eigenvalue weighted by atomic mass is 10.2. The van der Waals surface area contributed by atoms with Crippen molar-refractivity contribution in [3.8, 4) is 0 Å². The zero-order chi connectivity index (χ0) is 17.0. The highest BCUT2D eigenvalue weighted by Gasteiger charge is 2.32. The molecular weight excluding hydrogens is 330 g/mol. The van der Waals surface area contributed by atoms with E-state index in [4.69, 9.17) is 0 Å². The molecule has 1 aliphatic heterocycles. The summed E-state index contributed by atoms with van der Waals surface area (Å²) in [7, 11) is 0.564. The predicted octanol–water partition coefficient (Wildman–Crippen LogP) is 2.09. The molecule has 0 aromatic carbocycles. The molecule has 0 N–H and O–H groups in total. The molecule has 0 saturated carbocycles. The SMILES string of the molecule is CCN1CCCC1CN(CCN(C)C)S(=O)(=O)c1ccc(C)s1. The molecule has 1 saturated heterocycles. The smallest absolute Gasteiger partial charge is 0.252 e. The largest absolute Gasteiger partial charge is 0.308 e. The van der Waals surface area contributed by atoms with Gasteiger partial charge >= 0.3 is 0 Å². The van der Waals surface area contributed by atoms with Gasteiger partial charge in [-0.3, -0.25) is 4.90 Å².